The SMILES string of the molecule is COC1CCN(C(=O)CC[C@]23CCC(C)(C)CC2C2C(=O)C=C4[C@@]5(C)C=C(C#N)C(=O)C(C)(C)[C@@H]5CC[C@@]4(C)[C@]2(C)CC3)CC1. The Bertz CT molecular complexity index is 1390. The Morgan fingerprint density at radius 3 is 2.29 bits per heavy atom. The first kappa shape index (κ1) is 32.7. The summed E-state index contributed by atoms with van der Waals surface area (Å²) in [6.07, 6.45) is 14.6. The number of nitrogens with zero attached hydrogens (tertiary/aromatic N) is 2. The summed E-state index contributed by atoms with van der Waals surface area (Å²) in [5.41, 5.74) is -0.0315. The molecule has 0 aromatic heterocycles. The van der Waals surface area contributed by atoms with Crippen molar-refractivity contribution in [1.29, 1.82) is 5.26 Å². The fourth-order valence-electron chi connectivity index (χ4n) is 12.0. The van der Waals surface area contributed by atoms with E-state index in [2.05, 4.69) is 40.7 Å². The van der Waals surface area contributed by atoms with E-state index < -0.39 is 10.8 Å². The average Bonchev–Trinajstić information content (AvgIpc) is 2.99. The van der Waals surface area contributed by atoms with Gasteiger partial charge in [-0.15, -0.1) is 0 Å². The molecule has 0 N–H and O–H groups in total. The summed E-state index contributed by atoms with van der Waals surface area (Å²) >= 11 is 0. The minimum Gasteiger partial charge on any atom is -0.381 e. The summed E-state index contributed by atoms with van der Waals surface area (Å²) in [5, 5.41) is 9.99. The van der Waals surface area contributed by atoms with Gasteiger partial charge in [0.25, 0.3) is 0 Å². The van der Waals surface area contributed by atoms with Crippen molar-refractivity contribution in [2.75, 3.05) is 20.2 Å². The predicted octanol–water partition coefficient (Wildman–Crippen LogP) is 7.62. The lowest BCUT2D eigenvalue weighted by Gasteiger charge is -2.69. The zero-order chi connectivity index (χ0) is 32.8. The third-order valence-electron chi connectivity index (χ3n) is 15.0. The molecule has 0 bridgehead atoms. The molecular weight excluding hydrogens is 560 g/mol. The molecule has 0 spiro atoms. The normalized spacial score (nSPS) is 42.3. The highest BCUT2D eigenvalue weighted by Crippen LogP contribution is 2.75. The van der Waals surface area contributed by atoms with Gasteiger partial charge in [-0.3, -0.25) is 14.4 Å². The molecule has 4 fully saturated rings. The van der Waals surface area contributed by atoms with Crippen molar-refractivity contribution in [2.45, 2.75) is 125 Å². The maximum absolute atomic E-state index is 14.8. The fraction of sp³-hybridized carbons (Fsp3) is 0.795. The summed E-state index contributed by atoms with van der Waals surface area (Å²) in [6, 6.07) is 2.22. The standard InChI is InChI=1S/C39H56N2O4/c1-34(2)15-17-39(14-10-31(43)41-19-11-26(45-8)12-20-41)18-16-38(7)32(27(39)23-34)28(42)21-30-36(5)22-25(24-40)33(44)35(3,4)29(36)9-13-37(30,38)6/h21-22,26-27,29,32H,9-20,23H2,1-8H3/t27?,29-,32?,36-,37+,38+,39+/m0/s1. The van der Waals surface area contributed by atoms with Gasteiger partial charge in [0.15, 0.2) is 11.6 Å². The van der Waals surface area contributed by atoms with Gasteiger partial charge in [0, 0.05) is 43.4 Å². The lowest BCUT2D eigenvalue weighted by molar-refractivity contribution is -0.173. The number of hydrogen-bond acceptors (Lipinski definition) is 5. The summed E-state index contributed by atoms with van der Waals surface area (Å²) in [5.74, 6) is 0.665. The van der Waals surface area contributed by atoms with E-state index in [1.54, 1.807) is 7.11 Å². The molecule has 7 atom stereocenters. The molecule has 1 amide bonds. The van der Waals surface area contributed by atoms with Gasteiger partial charge < -0.3 is 9.64 Å². The van der Waals surface area contributed by atoms with Crippen LogP contribution in [0.15, 0.2) is 23.3 Å². The molecule has 2 unspecified atom stereocenters. The molecule has 1 aliphatic heterocycles. The number of hydrogen-bond donors (Lipinski definition) is 0. The zero-order valence-electron chi connectivity index (χ0n) is 29.2. The highest BCUT2D eigenvalue weighted by molar-refractivity contribution is 6.04. The Labute approximate surface area is 271 Å². The first-order valence-corrected chi connectivity index (χ1v) is 17.7. The minimum absolute atomic E-state index is 0.00576. The summed E-state index contributed by atoms with van der Waals surface area (Å²) in [6.45, 7) is 17.3. The molecule has 6 rings (SSSR count). The molecule has 0 aromatic rings. The number of ketones is 2. The van der Waals surface area contributed by atoms with Crippen LogP contribution in [0.1, 0.15) is 119 Å². The number of carbonyl (C=O) groups is 3. The van der Waals surface area contributed by atoms with E-state index in [-0.39, 0.29) is 68.6 Å². The number of nitriles is 1. The van der Waals surface area contributed by atoms with Crippen LogP contribution in [0.25, 0.3) is 0 Å². The molecule has 6 nitrogen and oxygen atoms in total. The maximum atomic E-state index is 14.8. The highest BCUT2D eigenvalue weighted by atomic mass is 16.5. The number of likely N-dealkylation sites (tertiary alicyclic amines) is 1. The number of allylic oxidation sites excluding steroid dienone is 4. The number of rotatable bonds is 4. The van der Waals surface area contributed by atoms with E-state index in [1.165, 1.54) is 0 Å². The van der Waals surface area contributed by atoms with Crippen LogP contribution in [0, 0.1) is 61.6 Å². The fourth-order valence-corrected chi connectivity index (χ4v) is 12.0. The third-order valence-corrected chi connectivity index (χ3v) is 15.0. The maximum Gasteiger partial charge on any atom is 0.222 e. The van der Waals surface area contributed by atoms with Crippen LogP contribution in [0.5, 0.6) is 0 Å². The molecule has 3 saturated carbocycles. The van der Waals surface area contributed by atoms with E-state index >= 15 is 0 Å². The molecule has 5 aliphatic carbocycles. The predicted molar refractivity (Wildman–Crippen MR) is 175 cm³/mol. The van der Waals surface area contributed by atoms with Gasteiger partial charge >= 0.3 is 0 Å². The second-order valence-corrected chi connectivity index (χ2v) is 17.9. The first-order chi connectivity index (χ1) is 21.0. The number of ether oxygens (including phenoxy) is 1. The summed E-state index contributed by atoms with van der Waals surface area (Å²) < 4.78 is 5.53. The Kier molecular flexibility index (Phi) is 7.72. The Hall–Kier alpha value is -2.26. The number of carbonyl (C=O) groups excluding carboxylic acids is 3. The van der Waals surface area contributed by atoms with Crippen LogP contribution >= 0.6 is 0 Å². The van der Waals surface area contributed by atoms with E-state index in [0.29, 0.717) is 6.42 Å². The van der Waals surface area contributed by atoms with E-state index in [0.717, 1.165) is 82.9 Å². The zero-order valence-corrected chi connectivity index (χ0v) is 29.2. The molecule has 6 heteroatoms. The molecule has 0 radical (unpaired) electrons. The number of amides is 1. The molecule has 1 saturated heterocycles. The van der Waals surface area contributed by atoms with Crippen LogP contribution in [0.4, 0.5) is 0 Å². The van der Waals surface area contributed by atoms with Gasteiger partial charge in [0.05, 0.1) is 11.7 Å². The molecule has 0 aromatic carbocycles. The topological polar surface area (TPSA) is 87.5 Å². The Morgan fingerprint density at radius 2 is 1.64 bits per heavy atom. The van der Waals surface area contributed by atoms with Crippen molar-refractivity contribution in [2.24, 2.45) is 50.2 Å². The van der Waals surface area contributed by atoms with Gasteiger partial charge in [0.1, 0.15) is 6.07 Å². The lowest BCUT2D eigenvalue weighted by Crippen LogP contribution is -2.64. The van der Waals surface area contributed by atoms with Crippen LogP contribution < -0.4 is 0 Å². The lowest BCUT2D eigenvalue weighted by atomic mass is 9.34. The molecule has 1 heterocycles. The summed E-state index contributed by atoms with van der Waals surface area (Å²) in [4.78, 5) is 43.7. The molecular formula is C39H56N2O4. The van der Waals surface area contributed by atoms with Gasteiger partial charge in [-0.25, -0.2) is 0 Å². The van der Waals surface area contributed by atoms with Gasteiger partial charge in [-0.05, 0) is 104 Å². The smallest absolute Gasteiger partial charge is 0.222 e. The van der Waals surface area contributed by atoms with Crippen molar-refractivity contribution in [3.8, 4) is 6.07 Å². The highest BCUT2D eigenvalue weighted by Gasteiger charge is 2.69. The van der Waals surface area contributed by atoms with Crippen molar-refractivity contribution in [3.63, 3.8) is 0 Å². The van der Waals surface area contributed by atoms with E-state index in [1.807, 2.05) is 30.9 Å². The number of methoxy groups -OCH3 is 1. The van der Waals surface area contributed by atoms with E-state index in [9.17, 15) is 19.6 Å². The second kappa shape index (κ2) is 10.6. The van der Waals surface area contributed by atoms with Crippen LogP contribution in [-0.4, -0.2) is 48.7 Å². The van der Waals surface area contributed by atoms with Crippen LogP contribution in [0.2, 0.25) is 0 Å². The van der Waals surface area contributed by atoms with Gasteiger partial charge in [-0.1, -0.05) is 60.1 Å². The quantitative estimate of drug-likeness (QED) is 0.324. The van der Waals surface area contributed by atoms with Gasteiger partial charge in [0.2, 0.25) is 5.91 Å². The van der Waals surface area contributed by atoms with Crippen molar-refractivity contribution < 1.29 is 19.1 Å². The van der Waals surface area contributed by atoms with Crippen LogP contribution in [-0.2, 0) is 19.1 Å². The third kappa shape index (κ3) is 4.68. The Balaban J connectivity index is 1.36. The van der Waals surface area contributed by atoms with Crippen molar-refractivity contribution in [1.82, 2.24) is 4.90 Å². The van der Waals surface area contributed by atoms with Crippen LogP contribution in [0.3, 0.4) is 0 Å². The first-order valence-electron chi connectivity index (χ1n) is 17.7. The number of fused-ring (bicyclic) bond motifs is 7. The van der Waals surface area contributed by atoms with E-state index in [4.69, 9.17) is 4.74 Å². The van der Waals surface area contributed by atoms with Crippen molar-refractivity contribution in [3.05, 3.63) is 23.3 Å². The van der Waals surface area contributed by atoms with Gasteiger partial charge in [-0.2, -0.15) is 5.26 Å². The largest absolute Gasteiger partial charge is 0.381 e. The molecule has 45 heavy (non-hydrogen) atoms. The number of piperidine rings is 1. The summed E-state index contributed by atoms with van der Waals surface area (Å²) in [7, 11) is 1.76. The molecule has 6 aliphatic rings. The van der Waals surface area contributed by atoms with Crippen molar-refractivity contribution >= 4 is 17.5 Å². The minimum atomic E-state index is -0.655. The number of Topliss-reactive ketones (excluding diaryl/α,β-unsaturated/α-hetero) is 1. The second-order valence-electron chi connectivity index (χ2n) is 17.9. The average molecular weight is 617 g/mol. The monoisotopic (exact) mass is 616 g/mol. The molecule has 246 valence electrons. The Morgan fingerprint density at radius 1 is 0.978 bits per heavy atom.